The Morgan fingerprint density at radius 2 is 2.05 bits per heavy atom. The van der Waals surface area contributed by atoms with Gasteiger partial charge in [-0.2, -0.15) is 0 Å². The van der Waals surface area contributed by atoms with Crippen LogP contribution in [0.4, 0.5) is 0 Å². The number of carbonyl (C=O) groups excluding carboxylic acids is 1. The Balaban J connectivity index is 2.01. The molecule has 2 rings (SSSR count). The first-order chi connectivity index (χ1) is 9.71. The van der Waals surface area contributed by atoms with Crippen molar-refractivity contribution in [2.45, 2.75) is 32.6 Å². The maximum Gasteiger partial charge on any atom is 0.255 e. The lowest BCUT2D eigenvalue weighted by Crippen LogP contribution is -2.37. The number of rotatable bonds is 6. The fourth-order valence-electron chi connectivity index (χ4n) is 2.78. The second kappa shape index (κ2) is 6.98. The standard InChI is InChI=1S/C16H22ClNO2/c1-2-20-14-8-4-3-7-13(14)15(19)18-12-16(11-17)9-5-6-10-16/h3-4,7-8H,2,5-6,9-12H2,1H3,(H,18,19). The van der Waals surface area contributed by atoms with Crippen molar-refractivity contribution in [1.29, 1.82) is 0 Å². The molecule has 0 atom stereocenters. The summed E-state index contributed by atoms with van der Waals surface area (Å²) in [6.07, 6.45) is 4.62. The van der Waals surface area contributed by atoms with Crippen LogP contribution >= 0.6 is 11.6 Å². The highest BCUT2D eigenvalue weighted by atomic mass is 35.5. The largest absolute Gasteiger partial charge is 0.493 e. The van der Waals surface area contributed by atoms with Gasteiger partial charge in [0.1, 0.15) is 5.75 Å². The molecule has 1 aromatic rings. The molecular formula is C16H22ClNO2. The number of hydrogen-bond donors (Lipinski definition) is 1. The average molecular weight is 296 g/mol. The number of alkyl halides is 1. The molecule has 1 aliphatic carbocycles. The predicted octanol–water partition coefficient (Wildman–Crippen LogP) is 3.61. The summed E-state index contributed by atoms with van der Waals surface area (Å²) in [6.45, 7) is 3.11. The van der Waals surface area contributed by atoms with Crippen molar-refractivity contribution in [3.63, 3.8) is 0 Å². The Bertz CT molecular complexity index is 456. The van der Waals surface area contributed by atoms with Gasteiger partial charge in [-0.25, -0.2) is 0 Å². The summed E-state index contributed by atoms with van der Waals surface area (Å²) < 4.78 is 5.49. The number of nitrogens with one attached hydrogen (secondary N) is 1. The SMILES string of the molecule is CCOc1ccccc1C(=O)NCC1(CCl)CCCC1. The number of benzene rings is 1. The Morgan fingerprint density at radius 3 is 2.70 bits per heavy atom. The van der Waals surface area contributed by atoms with Gasteiger partial charge in [0, 0.05) is 17.8 Å². The number of hydrogen-bond acceptors (Lipinski definition) is 2. The van der Waals surface area contributed by atoms with E-state index in [0.29, 0.717) is 30.3 Å². The van der Waals surface area contributed by atoms with Gasteiger partial charge in [-0.15, -0.1) is 11.6 Å². The summed E-state index contributed by atoms with van der Waals surface area (Å²) in [4.78, 5) is 12.3. The van der Waals surface area contributed by atoms with Crippen LogP contribution in [0.5, 0.6) is 5.75 Å². The molecule has 1 aliphatic rings. The van der Waals surface area contributed by atoms with Crippen LogP contribution in [0.1, 0.15) is 43.0 Å². The van der Waals surface area contributed by atoms with E-state index in [1.807, 2.05) is 25.1 Å². The van der Waals surface area contributed by atoms with Gasteiger partial charge in [-0.3, -0.25) is 4.79 Å². The predicted molar refractivity (Wildman–Crippen MR) is 81.6 cm³/mol. The summed E-state index contributed by atoms with van der Waals surface area (Å²) in [6, 6.07) is 7.34. The second-order valence-corrected chi connectivity index (χ2v) is 5.72. The minimum Gasteiger partial charge on any atom is -0.493 e. The van der Waals surface area contributed by atoms with Crippen molar-refractivity contribution in [3.8, 4) is 5.75 Å². The Labute approximate surface area is 125 Å². The normalized spacial score (nSPS) is 16.9. The van der Waals surface area contributed by atoms with Crippen LogP contribution in [0.3, 0.4) is 0 Å². The molecule has 0 spiro atoms. The topological polar surface area (TPSA) is 38.3 Å². The molecule has 1 N–H and O–H groups in total. The van der Waals surface area contributed by atoms with Crippen molar-refractivity contribution >= 4 is 17.5 Å². The third-order valence-corrected chi connectivity index (χ3v) is 4.57. The lowest BCUT2D eigenvalue weighted by atomic mass is 9.88. The number of halogens is 1. The van der Waals surface area contributed by atoms with Crippen LogP contribution < -0.4 is 10.1 Å². The Kier molecular flexibility index (Phi) is 5.30. The molecule has 1 fully saturated rings. The quantitative estimate of drug-likeness (QED) is 0.814. The van der Waals surface area contributed by atoms with E-state index in [2.05, 4.69) is 5.32 Å². The van der Waals surface area contributed by atoms with E-state index >= 15 is 0 Å². The van der Waals surface area contributed by atoms with Gasteiger partial charge < -0.3 is 10.1 Å². The Morgan fingerprint density at radius 1 is 1.35 bits per heavy atom. The van der Waals surface area contributed by atoms with Crippen LogP contribution in [-0.2, 0) is 0 Å². The zero-order valence-corrected chi connectivity index (χ0v) is 12.7. The summed E-state index contributed by atoms with van der Waals surface area (Å²) in [5, 5.41) is 3.03. The molecule has 0 radical (unpaired) electrons. The van der Waals surface area contributed by atoms with Gasteiger partial charge in [0.05, 0.1) is 12.2 Å². The van der Waals surface area contributed by atoms with Gasteiger partial charge in [-0.1, -0.05) is 25.0 Å². The summed E-state index contributed by atoms with van der Waals surface area (Å²) >= 11 is 6.10. The highest BCUT2D eigenvalue weighted by Gasteiger charge is 2.33. The number of carbonyl (C=O) groups is 1. The minimum atomic E-state index is -0.0783. The number of para-hydroxylation sites is 1. The first kappa shape index (κ1) is 15.2. The third-order valence-electron chi connectivity index (χ3n) is 4.00. The molecule has 4 heteroatoms. The number of ether oxygens (including phenoxy) is 1. The van der Waals surface area contributed by atoms with Crippen molar-refractivity contribution < 1.29 is 9.53 Å². The third kappa shape index (κ3) is 3.45. The highest BCUT2D eigenvalue weighted by Crippen LogP contribution is 2.38. The smallest absolute Gasteiger partial charge is 0.255 e. The Hall–Kier alpha value is -1.22. The molecule has 0 heterocycles. The summed E-state index contributed by atoms with van der Waals surface area (Å²) in [5.41, 5.74) is 0.676. The van der Waals surface area contributed by atoms with Crippen molar-refractivity contribution in [2.24, 2.45) is 5.41 Å². The van der Waals surface area contributed by atoms with Gasteiger partial charge in [-0.05, 0) is 31.9 Å². The first-order valence-electron chi connectivity index (χ1n) is 7.27. The summed E-state index contributed by atoms with van der Waals surface area (Å²) in [5.74, 6) is 1.17. The van der Waals surface area contributed by atoms with E-state index in [-0.39, 0.29) is 11.3 Å². The van der Waals surface area contributed by atoms with E-state index in [9.17, 15) is 4.79 Å². The van der Waals surface area contributed by atoms with Gasteiger partial charge in [0.25, 0.3) is 5.91 Å². The fraction of sp³-hybridized carbons (Fsp3) is 0.562. The molecule has 1 saturated carbocycles. The molecule has 0 bridgehead atoms. The van der Waals surface area contributed by atoms with Crippen molar-refractivity contribution in [3.05, 3.63) is 29.8 Å². The number of amides is 1. The zero-order chi connectivity index (χ0) is 14.4. The van der Waals surface area contributed by atoms with Crippen molar-refractivity contribution in [1.82, 2.24) is 5.32 Å². The maximum absolute atomic E-state index is 12.3. The molecule has 110 valence electrons. The lowest BCUT2D eigenvalue weighted by molar-refractivity contribution is 0.0931. The van der Waals surface area contributed by atoms with Crippen LogP contribution in [0, 0.1) is 5.41 Å². The van der Waals surface area contributed by atoms with E-state index in [1.165, 1.54) is 12.8 Å². The lowest BCUT2D eigenvalue weighted by Gasteiger charge is -2.26. The monoisotopic (exact) mass is 295 g/mol. The molecule has 20 heavy (non-hydrogen) atoms. The average Bonchev–Trinajstić information content (AvgIpc) is 2.95. The molecule has 3 nitrogen and oxygen atoms in total. The van der Waals surface area contributed by atoms with Crippen molar-refractivity contribution in [2.75, 3.05) is 19.0 Å². The zero-order valence-electron chi connectivity index (χ0n) is 12.0. The molecule has 1 aromatic carbocycles. The second-order valence-electron chi connectivity index (χ2n) is 5.45. The van der Waals surface area contributed by atoms with Crippen LogP contribution in [0.15, 0.2) is 24.3 Å². The van der Waals surface area contributed by atoms with E-state index in [4.69, 9.17) is 16.3 Å². The van der Waals surface area contributed by atoms with Gasteiger partial charge in [0.2, 0.25) is 0 Å². The van der Waals surface area contributed by atoms with E-state index < -0.39 is 0 Å². The van der Waals surface area contributed by atoms with E-state index in [1.54, 1.807) is 6.07 Å². The molecule has 0 aromatic heterocycles. The van der Waals surface area contributed by atoms with Crippen LogP contribution in [-0.4, -0.2) is 24.9 Å². The highest BCUT2D eigenvalue weighted by molar-refractivity contribution is 6.18. The van der Waals surface area contributed by atoms with Crippen LogP contribution in [0.2, 0.25) is 0 Å². The van der Waals surface area contributed by atoms with E-state index in [0.717, 1.165) is 12.8 Å². The van der Waals surface area contributed by atoms with Gasteiger partial charge >= 0.3 is 0 Å². The van der Waals surface area contributed by atoms with Crippen LogP contribution in [0.25, 0.3) is 0 Å². The molecule has 0 saturated heterocycles. The summed E-state index contributed by atoms with van der Waals surface area (Å²) in [7, 11) is 0. The maximum atomic E-state index is 12.3. The molecule has 1 amide bonds. The fourth-order valence-corrected chi connectivity index (χ4v) is 3.14. The first-order valence-corrected chi connectivity index (χ1v) is 7.80. The molecular weight excluding hydrogens is 274 g/mol. The minimum absolute atomic E-state index is 0.0783. The van der Waals surface area contributed by atoms with Gasteiger partial charge in [0.15, 0.2) is 0 Å². The molecule has 0 unspecified atom stereocenters. The molecule has 0 aliphatic heterocycles.